The minimum atomic E-state index is -3.85. The van der Waals surface area contributed by atoms with Gasteiger partial charge in [-0.3, -0.25) is 9.05 Å². The minimum absolute atomic E-state index is 0.456. The molecule has 94 valence electrons. The highest BCUT2D eigenvalue weighted by molar-refractivity contribution is 7.59. The van der Waals surface area contributed by atoms with Gasteiger partial charge < -0.3 is 0 Å². The maximum Gasteiger partial charge on any atom is 0.406 e. The Kier molecular flexibility index (Phi) is 5.92. The van der Waals surface area contributed by atoms with Gasteiger partial charge in [0.15, 0.2) is 0 Å². The molecule has 0 heterocycles. The molecule has 0 rings (SSSR count). The normalized spacial score (nSPS) is 12.8. The SMILES string of the molecule is CC(C)OP(=O)(C#CC(F)(F)Cl)OC(C)C. The summed E-state index contributed by atoms with van der Waals surface area (Å²) in [5.41, 5.74) is 1.78. The first-order valence-electron chi connectivity index (χ1n) is 4.62. The van der Waals surface area contributed by atoms with Crippen molar-refractivity contribution in [1.82, 2.24) is 0 Å². The molecular weight excluding hydrogens is 261 g/mol. The van der Waals surface area contributed by atoms with E-state index in [0.717, 1.165) is 0 Å². The molecule has 0 aromatic carbocycles. The van der Waals surface area contributed by atoms with E-state index in [0.29, 0.717) is 0 Å². The molecule has 0 bridgehead atoms. The molecule has 0 saturated heterocycles. The second-order valence-electron chi connectivity index (χ2n) is 3.54. The number of halogens is 3. The molecule has 0 N–H and O–H groups in total. The van der Waals surface area contributed by atoms with Crippen LogP contribution in [0.15, 0.2) is 0 Å². The highest BCUT2D eigenvalue weighted by Gasteiger charge is 2.28. The van der Waals surface area contributed by atoms with Crippen LogP contribution in [-0.4, -0.2) is 17.6 Å². The topological polar surface area (TPSA) is 35.5 Å². The first kappa shape index (κ1) is 15.9. The van der Waals surface area contributed by atoms with Gasteiger partial charge in [-0.25, -0.2) is 4.57 Å². The molecule has 0 saturated carbocycles. The molecule has 0 atom stereocenters. The number of hydrogen-bond donors (Lipinski definition) is 0. The Morgan fingerprint density at radius 3 is 1.81 bits per heavy atom. The first-order chi connectivity index (χ1) is 7.04. The Hall–Kier alpha value is -0.140. The molecule has 0 spiro atoms. The monoisotopic (exact) mass is 274 g/mol. The van der Waals surface area contributed by atoms with E-state index < -0.39 is 25.2 Å². The third-order valence-electron chi connectivity index (χ3n) is 1.03. The lowest BCUT2D eigenvalue weighted by Crippen LogP contribution is -2.07. The zero-order valence-corrected chi connectivity index (χ0v) is 11.1. The van der Waals surface area contributed by atoms with Gasteiger partial charge in [0.1, 0.15) is 0 Å². The second-order valence-corrected chi connectivity index (χ2v) is 5.66. The van der Waals surface area contributed by atoms with Crippen molar-refractivity contribution in [3.8, 4) is 11.6 Å². The van der Waals surface area contributed by atoms with Crippen LogP contribution in [0, 0.1) is 11.6 Å². The van der Waals surface area contributed by atoms with Gasteiger partial charge in [-0.15, -0.1) is 0 Å². The van der Waals surface area contributed by atoms with Crippen LogP contribution in [0.25, 0.3) is 0 Å². The molecule has 0 radical (unpaired) electrons. The van der Waals surface area contributed by atoms with Gasteiger partial charge in [0.25, 0.3) is 0 Å². The van der Waals surface area contributed by atoms with Crippen LogP contribution in [0.4, 0.5) is 8.78 Å². The molecule has 0 amide bonds. The van der Waals surface area contributed by atoms with Gasteiger partial charge in [0.05, 0.1) is 12.2 Å². The molecule has 0 aromatic rings. The summed E-state index contributed by atoms with van der Waals surface area (Å²) in [6.07, 6.45) is -0.911. The fourth-order valence-electron chi connectivity index (χ4n) is 0.764. The van der Waals surface area contributed by atoms with Crippen LogP contribution < -0.4 is 0 Å². The third-order valence-corrected chi connectivity index (χ3v) is 2.91. The maximum absolute atomic E-state index is 12.3. The Labute approximate surface area is 99.0 Å². The zero-order chi connectivity index (χ0) is 13.0. The highest BCUT2D eigenvalue weighted by atomic mass is 35.5. The van der Waals surface area contributed by atoms with Gasteiger partial charge in [0.2, 0.25) is 0 Å². The van der Waals surface area contributed by atoms with Crippen LogP contribution in [0.1, 0.15) is 27.7 Å². The van der Waals surface area contributed by atoms with E-state index in [1.165, 1.54) is 5.92 Å². The van der Waals surface area contributed by atoms with Crippen LogP contribution in [0.5, 0.6) is 0 Å². The smallest absolute Gasteiger partial charge is 0.297 e. The molecule has 0 aliphatic rings. The predicted molar refractivity (Wildman–Crippen MR) is 58.6 cm³/mol. The quantitative estimate of drug-likeness (QED) is 0.444. The predicted octanol–water partition coefficient (Wildman–Crippen LogP) is 3.82. The van der Waals surface area contributed by atoms with Crippen LogP contribution in [0.2, 0.25) is 0 Å². The molecule has 0 unspecified atom stereocenters. The van der Waals surface area contributed by atoms with Crippen molar-refractivity contribution in [3.63, 3.8) is 0 Å². The lowest BCUT2D eigenvalue weighted by atomic mass is 10.5. The summed E-state index contributed by atoms with van der Waals surface area (Å²) in [6.45, 7) is 6.38. The van der Waals surface area contributed by atoms with Crippen molar-refractivity contribution < 1.29 is 22.4 Å². The standard InChI is InChI=1S/C9H14ClF2O3P/c1-7(2)14-16(13,15-8(3)4)6-5-9(10,11)12/h7-8H,1-4H3. The Morgan fingerprint density at radius 1 is 1.19 bits per heavy atom. The molecule has 16 heavy (non-hydrogen) atoms. The van der Waals surface area contributed by atoms with E-state index in [2.05, 4.69) is 11.6 Å². The second kappa shape index (κ2) is 5.97. The van der Waals surface area contributed by atoms with Gasteiger partial charge in [-0.2, -0.15) is 8.78 Å². The largest absolute Gasteiger partial charge is 0.406 e. The third kappa shape index (κ3) is 8.06. The van der Waals surface area contributed by atoms with Crippen molar-refractivity contribution in [2.24, 2.45) is 0 Å². The van der Waals surface area contributed by atoms with Crippen molar-refractivity contribution in [1.29, 1.82) is 0 Å². The van der Waals surface area contributed by atoms with Gasteiger partial charge in [-0.05, 0) is 39.3 Å². The van der Waals surface area contributed by atoms with Gasteiger partial charge in [0, 0.05) is 11.6 Å². The lowest BCUT2D eigenvalue weighted by Gasteiger charge is -2.17. The van der Waals surface area contributed by atoms with Crippen LogP contribution in [0.3, 0.4) is 0 Å². The molecular formula is C9H14ClF2O3P. The molecule has 0 aromatic heterocycles. The summed E-state index contributed by atoms with van der Waals surface area (Å²) in [4.78, 5) is 0. The highest BCUT2D eigenvalue weighted by Crippen LogP contribution is 2.49. The van der Waals surface area contributed by atoms with E-state index in [-0.39, 0.29) is 0 Å². The van der Waals surface area contributed by atoms with E-state index in [4.69, 9.17) is 9.05 Å². The fourth-order valence-corrected chi connectivity index (χ4v) is 2.42. The van der Waals surface area contributed by atoms with E-state index >= 15 is 0 Å². The van der Waals surface area contributed by atoms with Gasteiger partial charge >= 0.3 is 13.0 Å². The molecule has 0 fully saturated rings. The summed E-state index contributed by atoms with van der Waals surface area (Å²) >= 11 is 4.57. The number of rotatable bonds is 4. The van der Waals surface area contributed by atoms with Crippen molar-refractivity contribution in [2.45, 2.75) is 45.3 Å². The summed E-state index contributed by atoms with van der Waals surface area (Å²) in [5, 5.41) is -3.74. The van der Waals surface area contributed by atoms with E-state index in [9.17, 15) is 13.3 Å². The Balaban J connectivity index is 4.92. The summed E-state index contributed by atoms with van der Waals surface area (Å²) in [6, 6.07) is 0. The summed E-state index contributed by atoms with van der Waals surface area (Å²) < 4.78 is 46.3. The van der Waals surface area contributed by atoms with Crippen molar-refractivity contribution in [3.05, 3.63) is 0 Å². The average Bonchev–Trinajstić information content (AvgIpc) is 1.96. The molecule has 7 heteroatoms. The molecule has 3 nitrogen and oxygen atoms in total. The minimum Gasteiger partial charge on any atom is -0.297 e. The molecule has 0 aliphatic carbocycles. The van der Waals surface area contributed by atoms with Gasteiger partial charge in [-0.1, -0.05) is 0 Å². The molecule has 0 aliphatic heterocycles. The number of alkyl halides is 3. The van der Waals surface area contributed by atoms with Crippen LogP contribution >= 0.6 is 19.2 Å². The maximum atomic E-state index is 12.3. The summed E-state index contributed by atoms with van der Waals surface area (Å²) in [5.74, 6) is 1.34. The van der Waals surface area contributed by atoms with E-state index in [1.807, 2.05) is 0 Å². The fraction of sp³-hybridized carbons (Fsp3) is 0.778. The van der Waals surface area contributed by atoms with E-state index in [1.54, 1.807) is 33.4 Å². The Bertz CT molecular complexity index is 314. The van der Waals surface area contributed by atoms with Crippen molar-refractivity contribution >= 4 is 19.2 Å². The summed E-state index contributed by atoms with van der Waals surface area (Å²) in [7, 11) is -3.85. The first-order valence-corrected chi connectivity index (χ1v) is 6.54. The van der Waals surface area contributed by atoms with Crippen LogP contribution in [-0.2, 0) is 13.6 Å². The zero-order valence-electron chi connectivity index (χ0n) is 9.46. The van der Waals surface area contributed by atoms with Crippen molar-refractivity contribution in [2.75, 3.05) is 0 Å². The number of hydrogen-bond acceptors (Lipinski definition) is 3. The Morgan fingerprint density at radius 2 is 1.56 bits per heavy atom. The lowest BCUT2D eigenvalue weighted by molar-refractivity contribution is 0.149. The average molecular weight is 275 g/mol.